The highest BCUT2D eigenvalue weighted by atomic mass is 15.0. The van der Waals surface area contributed by atoms with Gasteiger partial charge in [-0.2, -0.15) is 0 Å². The highest BCUT2D eigenvalue weighted by Gasteiger charge is 2.29. The van der Waals surface area contributed by atoms with Crippen LogP contribution in [0.15, 0.2) is 30.5 Å². The number of nitrogens with zero attached hydrogens (tertiary/aromatic N) is 1. The SMILES string of the molecule is NC1CCC(NCCC(c2cn(C3CCCCC3)c3ccccc23)C2CCCCC2)CC1. The molecule has 1 atom stereocenters. The van der Waals surface area contributed by atoms with Crippen LogP contribution in [-0.2, 0) is 0 Å². The van der Waals surface area contributed by atoms with E-state index in [-0.39, 0.29) is 0 Å². The monoisotopic (exact) mass is 435 g/mol. The van der Waals surface area contributed by atoms with E-state index < -0.39 is 0 Å². The minimum Gasteiger partial charge on any atom is -0.344 e. The number of hydrogen-bond acceptors (Lipinski definition) is 2. The fraction of sp³-hybridized carbons (Fsp3) is 0.724. The van der Waals surface area contributed by atoms with Crippen molar-refractivity contribution in [1.29, 1.82) is 0 Å². The topological polar surface area (TPSA) is 43.0 Å². The van der Waals surface area contributed by atoms with Crippen molar-refractivity contribution in [3.05, 3.63) is 36.0 Å². The summed E-state index contributed by atoms with van der Waals surface area (Å²) in [5.41, 5.74) is 9.28. The lowest BCUT2D eigenvalue weighted by molar-refractivity contribution is 0.282. The number of benzene rings is 1. The van der Waals surface area contributed by atoms with E-state index in [0.29, 0.717) is 24.0 Å². The van der Waals surface area contributed by atoms with Crippen LogP contribution >= 0.6 is 0 Å². The molecule has 1 aromatic carbocycles. The van der Waals surface area contributed by atoms with Crippen LogP contribution in [0.25, 0.3) is 10.9 Å². The third kappa shape index (κ3) is 5.09. The van der Waals surface area contributed by atoms with Crippen molar-refractivity contribution in [2.75, 3.05) is 6.54 Å². The summed E-state index contributed by atoms with van der Waals surface area (Å²) in [6, 6.07) is 11.1. The Bertz CT molecular complexity index is 835. The molecule has 1 aromatic heterocycles. The van der Waals surface area contributed by atoms with Crippen LogP contribution in [0.1, 0.15) is 114 Å². The molecule has 2 aromatic rings. The molecule has 0 bridgehead atoms. The number of para-hydroxylation sites is 1. The van der Waals surface area contributed by atoms with E-state index in [0.717, 1.165) is 12.5 Å². The number of aromatic nitrogens is 1. The molecule has 1 heterocycles. The van der Waals surface area contributed by atoms with Gasteiger partial charge in [-0.15, -0.1) is 0 Å². The Morgan fingerprint density at radius 3 is 2.28 bits per heavy atom. The van der Waals surface area contributed by atoms with Gasteiger partial charge >= 0.3 is 0 Å². The van der Waals surface area contributed by atoms with Crippen LogP contribution in [-0.4, -0.2) is 23.2 Å². The third-order valence-corrected chi connectivity index (χ3v) is 9.02. The maximum atomic E-state index is 6.13. The Labute approximate surface area is 195 Å². The molecular weight excluding hydrogens is 390 g/mol. The molecule has 32 heavy (non-hydrogen) atoms. The second-order valence-electron chi connectivity index (χ2n) is 11.2. The number of fused-ring (bicyclic) bond motifs is 1. The summed E-state index contributed by atoms with van der Waals surface area (Å²) in [4.78, 5) is 0. The molecule has 1 unspecified atom stereocenters. The summed E-state index contributed by atoms with van der Waals surface area (Å²) < 4.78 is 2.69. The van der Waals surface area contributed by atoms with Crippen LogP contribution in [0, 0.1) is 5.92 Å². The van der Waals surface area contributed by atoms with Gasteiger partial charge in [0.15, 0.2) is 0 Å². The Kier molecular flexibility index (Phi) is 7.54. The Hall–Kier alpha value is -1.32. The Morgan fingerprint density at radius 2 is 1.53 bits per heavy atom. The first-order valence-corrected chi connectivity index (χ1v) is 13.9. The number of nitrogens with one attached hydrogen (secondary N) is 1. The number of hydrogen-bond donors (Lipinski definition) is 2. The van der Waals surface area contributed by atoms with E-state index in [1.165, 1.54) is 107 Å². The third-order valence-electron chi connectivity index (χ3n) is 9.02. The van der Waals surface area contributed by atoms with Gasteiger partial charge in [-0.3, -0.25) is 0 Å². The molecule has 0 saturated heterocycles. The first-order chi connectivity index (χ1) is 15.8. The van der Waals surface area contributed by atoms with Gasteiger partial charge in [0, 0.05) is 35.2 Å². The predicted molar refractivity (Wildman–Crippen MR) is 136 cm³/mol. The molecule has 3 nitrogen and oxygen atoms in total. The fourth-order valence-corrected chi connectivity index (χ4v) is 7.14. The van der Waals surface area contributed by atoms with E-state index in [9.17, 15) is 0 Å². The molecular formula is C29H45N3. The van der Waals surface area contributed by atoms with E-state index in [4.69, 9.17) is 5.73 Å². The lowest BCUT2D eigenvalue weighted by Crippen LogP contribution is -2.38. The van der Waals surface area contributed by atoms with Crippen LogP contribution in [0.2, 0.25) is 0 Å². The van der Waals surface area contributed by atoms with Gasteiger partial charge in [0.05, 0.1) is 0 Å². The van der Waals surface area contributed by atoms with E-state index in [1.807, 2.05) is 0 Å². The highest BCUT2D eigenvalue weighted by molar-refractivity contribution is 5.84. The van der Waals surface area contributed by atoms with E-state index >= 15 is 0 Å². The summed E-state index contributed by atoms with van der Waals surface area (Å²) in [5, 5.41) is 5.48. The average Bonchev–Trinajstić information content (AvgIpc) is 3.24. The molecule has 3 saturated carbocycles. The quantitative estimate of drug-likeness (QED) is 0.489. The summed E-state index contributed by atoms with van der Waals surface area (Å²) in [7, 11) is 0. The number of rotatable bonds is 7. The lowest BCUT2D eigenvalue weighted by Gasteiger charge is -2.32. The molecule has 5 rings (SSSR count). The Balaban J connectivity index is 1.38. The largest absolute Gasteiger partial charge is 0.344 e. The van der Waals surface area contributed by atoms with Gasteiger partial charge in [0.25, 0.3) is 0 Å². The van der Waals surface area contributed by atoms with Crippen molar-refractivity contribution in [3.63, 3.8) is 0 Å². The number of nitrogens with two attached hydrogens (primary N) is 1. The smallest absolute Gasteiger partial charge is 0.0485 e. The summed E-state index contributed by atoms with van der Waals surface area (Å²) in [6.45, 7) is 1.16. The first-order valence-electron chi connectivity index (χ1n) is 13.9. The second kappa shape index (κ2) is 10.7. The normalized spacial score (nSPS) is 27.0. The molecule has 176 valence electrons. The average molecular weight is 436 g/mol. The minimum atomic E-state index is 0.439. The summed E-state index contributed by atoms with van der Waals surface area (Å²) in [6.07, 6.45) is 22.9. The molecule has 3 aliphatic rings. The lowest BCUT2D eigenvalue weighted by atomic mass is 9.75. The van der Waals surface area contributed by atoms with Crippen molar-refractivity contribution in [2.45, 2.75) is 120 Å². The minimum absolute atomic E-state index is 0.439. The van der Waals surface area contributed by atoms with Gasteiger partial charge in [0.2, 0.25) is 0 Å². The summed E-state index contributed by atoms with van der Waals surface area (Å²) in [5.74, 6) is 1.55. The zero-order valence-electron chi connectivity index (χ0n) is 20.1. The molecule has 3 heteroatoms. The predicted octanol–water partition coefficient (Wildman–Crippen LogP) is 7.06. The van der Waals surface area contributed by atoms with E-state index in [2.05, 4.69) is 40.3 Å². The van der Waals surface area contributed by atoms with E-state index in [1.54, 1.807) is 5.56 Å². The first kappa shape index (κ1) is 22.5. The summed E-state index contributed by atoms with van der Waals surface area (Å²) >= 11 is 0. The van der Waals surface area contributed by atoms with Gasteiger partial charge in [-0.25, -0.2) is 0 Å². The maximum absolute atomic E-state index is 6.13. The molecule has 3 aliphatic carbocycles. The van der Waals surface area contributed by atoms with Crippen LogP contribution in [0.4, 0.5) is 0 Å². The van der Waals surface area contributed by atoms with Gasteiger partial charge < -0.3 is 15.6 Å². The highest BCUT2D eigenvalue weighted by Crippen LogP contribution is 2.43. The molecule has 3 fully saturated rings. The van der Waals surface area contributed by atoms with Crippen molar-refractivity contribution in [1.82, 2.24) is 9.88 Å². The standard InChI is InChI=1S/C29H45N3/c30-23-15-17-24(18-16-23)31-20-19-26(22-9-3-1-4-10-22)28-21-32(25-11-5-2-6-12-25)29-14-8-7-13-27(28)29/h7-8,13-14,21-26,31H,1-6,9-12,15-20,30H2. The van der Waals surface area contributed by atoms with Crippen LogP contribution in [0.5, 0.6) is 0 Å². The molecule has 0 radical (unpaired) electrons. The maximum Gasteiger partial charge on any atom is 0.0485 e. The van der Waals surface area contributed by atoms with Gasteiger partial charge in [-0.05, 0) is 87.8 Å². The molecule has 0 aliphatic heterocycles. The van der Waals surface area contributed by atoms with Crippen LogP contribution < -0.4 is 11.1 Å². The van der Waals surface area contributed by atoms with Crippen molar-refractivity contribution in [3.8, 4) is 0 Å². The van der Waals surface area contributed by atoms with Gasteiger partial charge in [0.1, 0.15) is 0 Å². The van der Waals surface area contributed by atoms with Crippen molar-refractivity contribution < 1.29 is 0 Å². The second-order valence-corrected chi connectivity index (χ2v) is 11.2. The fourth-order valence-electron chi connectivity index (χ4n) is 7.14. The molecule has 3 N–H and O–H groups in total. The van der Waals surface area contributed by atoms with Crippen molar-refractivity contribution in [2.24, 2.45) is 11.7 Å². The van der Waals surface area contributed by atoms with Crippen LogP contribution in [0.3, 0.4) is 0 Å². The molecule has 0 spiro atoms. The zero-order valence-corrected chi connectivity index (χ0v) is 20.1. The van der Waals surface area contributed by atoms with Crippen molar-refractivity contribution >= 4 is 10.9 Å². The Morgan fingerprint density at radius 1 is 0.844 bits per heavy atom. The van der Waals surface area contributed by atoms with Gasteiger partial charge in [-0.1, -0.05) is 56.7 Å². The molecule has 0 amide bonds. The zero-order chi connectivity index (χ0) is 21.8.